The highest BCUT2D eigenvalue weighted by atomic mass is 16.7. The highest BCUT2D eigenvalue weighted by molar-refractivity contribution is 5.67. The lowest BCUT2D eigenvalue weighted by Crippen LogP contribution is -2.24. The van der Waals surface area contributed by atoms with Crippen molar-refractivity contribution in [2.75, 3.05) is 172 Å². The van der Waals surface area contributed by atoms with E-state index in [1.165, 1.54) is 0 Å². The Morgan fingerprint density at radius 1 is 0.426 bits per heavy atom. The first-order chi connectivity index (χ1) is 23.3. The molecule has 0 saturated carbocycles. The third-order valence-electron chi connectivity index (χ3n) is 5.99. The van der Waals surface area contributed by atoms with Gasteiger partial charge in [-0.2, -0.15) is 0 Å². The fraction of sp³-hybridized carbons (Fsp3) is 0.968. The van der Waals surface area contributed by atoms with Crippen molar-refractivity contribution in [3.8, 4) is 0 Å². The monoisotopic (exact) mass is 688 g/mol. The Bertz CT molecular complexity index is 626. The fourth-order valence-electron chi connectivity index (χ4n) is 3.66. The summed E-state index contributed by atoms with van der Waals surface area (Å²) < 4.78 is 75.7. The van der Waals surface area contributed by atoms with Crippen molar-refractivity contribution >= 4 is 5.97 Å². The van der Waals surface area contributed by atoms with Crippen LogP contribution in [0.15, 0.2) is 0 Å². The maximum Gasteiger partial charge on any atom is 0.329 e. The molecule has 1 heterocycles. The minimum atomic E-state index is -0.996. The molecule has 280 valence electrons. The standard InChI is InChI=1S/C31H60O16/c32-30(33)29-45-26-25-43-22-21-41-18-17-39-14-13-37-10-9-35-6-5-34-7-8-36-11-12-38-15-16-40-19-20-42-23-24-44-27-28-47-31-3-1-2-4-46-31/h31H,1-29H2,(H,32,33). The molecule has 1 unspecified atom stereocenters. The van der Waals surface area contributed by atoms with E-state index < -0.39 is 5.97 Å². The first-order valence-electron chi connectivity index (χ1n) is 16.7. The topological polar surface area (TPSA) is 167 Å². The summed E-state index contributed by atoms with van der Waals surface area (Å²) in [6, 6.07) is 0. The molecule has 1 fully saturated rings. The van der Waals surface area contributed by atoms with Crippen LogP contribution in [0.5, 0.6) is 0 Å². The Balaban J connectivity index is 1.60. The number of hydrogen-bond acceptors (Lipinski definition) is 15. The Morgan fingerprint density at radius 3 is 0.957 bits per heavy atom. The zero-order chi connectivity index (χ0) is 33.6. The first-order valence-corrected chi connectivity index (χ1v) is 16.7. The van der Waals surface area contributed by atoms with Gasteiger partial charge in [0.2, 0.25) is 0 Å². The molecule has 0 spiro atoms. The van der Waals surface area contributed by atoms with E-state index in [-0.39, 0.29) is 19.5 Å². The lowest BCUT2D eigenvalue weighted by Gasteiger charge is -2.22. The van der Waals surface area contributed by atoms with Crippen molar-refractivity contribution in [2.24, 2.45) is 0 Å². The molecular weight excluding hydrogens is 628 g/mol. The van der Waals surface area contributed by atoms with Gasteiger partial charge >= 0.3 is 5.97 Å². The molecule has 1 aliphatic heterocycles. The van der Waals surface area contributed by atoms with Crippen molar-refractivity contribution in [3.63, 3.8) is 0 Å². The Morgan fingerprint density at radius 2 is 0.702 bits per heavy atom. The van der Waals surface area contributed by atoms with Gasteiger partial charge in [0.15, 0.2) is 6.29 Å². The molecule has 0 aliphatic carbocycles. The molecule has 1 N–H and O–H groups in total. The summed E-state index contributed by atoms with van der Waals surface area (Å²) in [5, 5.41) is 8.42. The van der Waals surface area contributed by atoms with Crippen LogP contribution in [0.1, 0.15) is 19.3 Å². The third kappa shape index (κ3) is 36.0. The molecular formula is C31H60O16. The van der Waals surface area contributed by atoms with Crippen molar-refractivity contribution in [1.29, 1.82) is 0 Å². The third-order valence-corrected chi connectivity index (χ3v) is 5.99. The summed E-state index contributed by atoms with van der Waals surface area (Å²) in [5.41, 5.74) is 0. The second kappa shape index (κ2) is 37.7. The molecule has 1 aliphatic rings. The van der Waals surface area contributed by atoms with Crippen LogP contribution in [0.25, 0.3) is 0 Å². The molecule has 0 aromatic heterocycles. The lowest BCUT2D eigenvalue weighted by molar-refractivity contribution is -0.169. The van der Waals surface area contributed by atoms with Crippen molar-refractivity contribution in [2.45, 2.75) is 25.6 Å². The van der Waals surface area contributed by atoms with Gasteiger partial charge in [-0.3, -0.25) is 0 Å². The number of carboxylic acids is 1. The molecule has 47 heavy (non-hydrogen) atoms. The van der Waals surface area contributed by atoms with E-state index in [1.807, 2.05) is 0 Å². The Kier molecular flexibility index (Phi) is 35.3. The highest BCUT2D eigenvalue weighted by Crippen LogP contribution is 2.13. The zero-order valence-corrected chi connectivity index (χ0v) is 28.2. The van der Waals surface area contributed by atoms with E-state index >= 15 is 0 Å². The van der Waals surface area contributed by atoms with Crippen molar-refractivity contribution in [3.05, 3.63) is 0 Å². The molecule has 0 amide bonds. The van der Waals surface area contributed by atoms with Crippen LogP contribution >= 0.6 is 0 Å². The van der Waals surface area contributed by atoms with Crippen LogP contribution in [0, 0.1) is 0 Å². The van der Waals surface area contributed by atoms with Crippen LogP contribution in [-0.2, 0) is 71.1 Å². The molecule has 1 atom stereocenters. The second-order valence-corrected chi connectivity index (χ2v) is 9.85. The quantitative estimate of drug-likeness (QED) is 0.0901. The van der Waals surface area contributed by atoms with Gasteiger partial charge in [-0.15, -0.1) is 0 Å². The summed E-state index contributed by atoms with van der Waals surface area (Å²) in [7, 11) is 0. The Hall–Kier alpha value is -1.09. The van der Waals surface area contributed by atoms with Crippen LogP contribution in [0.2, 0.25) is 0 Å². The second-order valence-electron chi connectivity index (χ2n) is 9.85. The van der Waals surface area contributed by atoms with Gasteiger partial charge < -0.3 is 71.4 Å². The van der Waals surface area contributed by atoms with Gasteiger partial charge in [0.05, 0.1) is 159 Å². The fourth-order valence-corrected chi connectivity index (χ4v) is 3.66. The predicted molar refractivity (Wildman–Crippen MR) is 167 cm³/mol. The zero-order valence-electron chi connectivity index (χ0n) is 28.2. The average molecular weight is 689 g/mol. The van der Waals surface area contributed by atoms with Gasteiger partial charge in [0.1, 0.15) is 6.61 Å². The SMILES string of the molecule is O=C(O)COCCOCCOCCOCCOCCOCCOCCOCCOCCOCCOCCOCCOC1CCCCO1. The van der Waals surface area contributed by atoms with E-state index in [4.69, 9.17) is 71.4 Å². The summed E-state index contributed by atoms with van der Waals surface area (Å²) in [6.07, 6.45) is 3.17. The van der Waals surface area contributed by atoms with Crippen LogP contribution in [0.3, 0.4) is 0 Å². The van der Waals surface area contributed by atoms with E-state index in [2.05, 4.69) is 0 Å². The molecule has 0 aromatic rings. The first kappa shape index (κ1) is 43.9. The number of rotatable bonds is 39. The van der Waals surface area contributed by atoms with Crippen molar-refractivity contribution < 1.29 is 76.2 Å². The molecule has 1 saturated heterocycles. The maximum absolute atomic E-state index is 10.3. The largest absolute Gasteiger partial charge is 0.480 e. The van der Waals surface area contributed by atoms with E-state index in [1.54, 1.807) is 0 Å². The van der Waals surface area contributed by atoms with Gasteiger partial charge in [-0.05, 0) is 19.3 Å². The van der Waals surface area contributed by atoms with Gasteiger partial charge in [-0.1, -0.05) is 0 Å². The van der Waals surface area contributed by atoms with E-state index in [0.717, 1.165) is 25.9 Å². The number of carbonyl (C=O) groups is 1. The lowest BCUT2D eigenvalue weighted by atomic mass is 10.2. The molecule has 1 rings (SSSR count). The van der Waals surface area contributed by atoms with E-state index in [0.29, 0.717) is 152 Å². The van der Waals surface area contributed by atoms with E-state index in [9.17, 15) is 4.79 Å². The smallest absolute Gasteiger partial charge is 0.329 e. The van der Waals surface area contributed by atoms with Crippen LogP contribution in [0.4, 0.5) is 0 Å². The minimum absolute atomic E-state index is 0.0711. The molecule has 16 nitrogen and oxygen atoms in total. The minimum Gasteiger partial charge on any atom is -0.480 e. The highest BCUT2D eigenvalue weighted by Gasteiger charge is 2.13. The predicted octanol–water partition coefficient (Wildman–Crippen LogP) is 0.813. The summed E-state index contributed by atoms with van der Waals surface area (Å²) in [4.78, 5) is 10.3. The van der Waals surface area contributed by atoms with Gasteiger partial charge in [0, 0.05) is 6.61 Å². The number of hydrogen-bond donors (Lipinski definition) is 1. The molecule has 0 radical (unpaired) electrons. The summed E-state index contributed by atoms with van der Waals surface area (Å²) in [5.74, 6) is -0.996. The normalized spacial score (nSPS) is 15.0. The molecule has 16 heteroatoms. The average Bonchev–Trinajstić information content (AvgIpc) is 3.08. The van der Waals surface area contributed by atoms with Gasteiger partial charge in [0.25, 0.3) is 0 Å². The summed E-state index contributed by atoms with van der Waals surface area (Å²) in [6.45, 7) is 11.9. The number of aliphatic carboxylic acids is 1. The number of carboxylic acid groups (broad SMARTS) is 1. The van der Waals surface area contributed by atoms with Crippen molar-refractivity contribution in [1.82, 2.24) is 0 Å². The van der Waals surface area contributed by atoms with Gasteiger partial charge in [-0.25, -0.2) is 4.79 Å². The molecule has 0 aromatic carbocycles. The van der Waals surface area contributed by atoms with Crippen LogP contribution in [-0.4, -0.2) is 189 Å². The Labute approximate surface area is 279 Å². The molecule has 0 bridgehead atoms. The number of ether oxygens (including phenoxy) is 14. The van der Waals surface area contributed by atoms with Crippen LogP contribution < -0.4 is 0 Å². The summed E-state index contributed by atoms with van der Waals surface area (Å²) >= 11 is 0. The maximum atomic E-state index is 10.3.